The standard InChI is InChI=1S/C13H19NO/c1-4-14(3)10-11(2)13(15)12-8-6-5-7-9-12/h5-9,11H,4,10H2,1-3H3. The van der Waals surface area contributed by atoms with Crippen molar-refractivity contribution in [1.29, 1.82) is 0 Å². The molecule has 0 N–H and O–H groups in total. The van der Waals surface area contributed by atoms with Gasteiger partial charge in [0.05, 0.1) is 0 Å². The van der Waals surface area contributed by atoms with Crippen LogP contribution in [-0.2, 0) is 0 Å². The maximum atomic E-state index is 12.0. The van der Waals surface area contributed by atoms with Gasteiger partial charge < -0.3 is 4.90 Å². The SMILES string of the molecule is CCN(C)CC(C)C(=O)c1ccccc1. The van der Waals surface area contributed by atoms with Gasteiger partial charge in [-0.2, -0.15) is 0 Å². The highest BCUT2D eigenvalue weighted by molar-refractivity contribution is 5.97. The quantitative estimate of drug-likeness (QED) is 0.688. The van der Waals surface area contributed by atoms with Crippen molar-refractivity contribution in [3.8, 4) is 0 Å². The number of benzene rings is 1. The number of hydrogen-bond acceptors (Lipinski definition) is 2. The molecule has 0 aliphatic rings. The van der Waals surface area contributed by atoms with E-state index in [-0.39, 0.29) is 11.7 Å². The average molecular weight is 205 g/mol. The van der Waals surface area contributed by atoms with Crippen molar-refractivity contribution in [1.82, 2.24) is 4.90 Å². The van der Waals surface area contributed by atoms with Gasteiger partial charge in [-0.05, 0) is 13.6 Å². The average Bonchev–Trinajstić information content (AvgIpc) is 2.29. The van der Waals surface area contributed by atoms with E-state index in [2.05, 4.69) is 11.8 Å². The molecule has 15 heavy (non-hydrogen) atoms. The van der Waals surface area contributed by atoms with Gasteiger partial charge in [-0.25, -0.2) is 0 Å². The molecule has 0 radical (unpaired) electrons. The van der Waals surface area contributed by atoms with Gasteiger partial charge in [-0.1, -0.05) is 44.2 Å². The summed E-state index contributed by atoms with van der Waals surface area (Å²) in [4.78, 5) is 14.1. The maximum absolute atomic E-state index is 12.0. The Labute approximate surface area is 91.9 Å². The zero-order valence-corrected chi connectivity index (χ0v) is 9.73. The van der Waals surface area contributed by atoms with E-state index >= 15 is 0 Å². The minimum Gasteiger partial charge on any atom is -0.306 e. The number of rotatable bonds is 5. The molecule has 1 aromatic carbocycles. The summed E-state index contributed by atoms with van der Waals surface area (Å²) in [7, 11) is 2.04. The lowest BCUT2D eigenvalue weighted by molar-refractivity contribution is 0.0905. The van der Waals surface area contributed by atoms with E-state index in [9.17, 15) is 4.79 Å². The van der Waals surface area contributed by atoms with Crippen LogP contribution in [0.3, 0.4) is 0 Å². The maximum Gasteiger partial charge on any atom is 0.166 e. The Balaban J connectivity index is 2.61. The Hall–Kier alpha value is -1.15. The number of carbonyl (C=O) groups excluding carboxylic acids is 1. The normalized spacial score (nSPS) is 12.8. The molecule has 0 aliphatic heterocycles. The third-order valence-corrected chi connectivity index (χ3v) is 2.63. The fourth-order valence-corrected chi connectivity index (χ4v) is 1.57. The molecule has 2 heteroatoms. The van der Waals surface area contributed by atoms with Crippen LogP contribution < -0.4 is 0 Å². The molecule has 0 saturated carbocycles. The molecule has 1 atom stereocenters. The predicted molar refractivity (Wildman–Crippen MR) is 63.1 cm³/mol. The molecule has 0 spiro atoms. The van der Waals surface area contributed by atoms with Crippen LogP contribution >= 0.6 is 0 Å². The van der Waals surface area contributed by atoms with Crippen molar-refractivity contribution in [2.24, 2.45) is 5.92 Å². The number of carbonyl (C=O) groups is 1. The molecule has 0 saturated heterocycles. The first kappa shape index (κ1) is 11.9. The van der Waals surface area contributed by atoms with Gasteiger partial charge in [0.15, 0.2) is 5.78 Å². The molecular formula is C13H19NO. The van der Waals surface area contributed by atoms with Crippen molar-refractivity contribution in [3.05, 3.63) is 35.9 Å². The highest BCUT2D eigenvalue weighted by Crippen LogP contribution is 2.09. The Morgan fingerprint density at radius 3 is 2.47 bits per heavy atom. The molecule has 82 valence electrons. The molecule has 2 nitrogen and oxygen atoms in total. The highest BCUT2D eigenvalue weighted by atomic mass is 16.1. The minimum absolute atomic E-state index is 0.0670. The van der Waals surface area contributed by atoms with E-state index in [1.54, 1.807) is 0 Å². The number of nitrogens with zero attached hydrogens (tertiary/aromatic N) is 1. The van der Waals surface area contributed by atoms with E-state index in [1.165, 1.54) is 0 Å². The van der Waals surface area contributed by atoms with Crippen LogP contribution in [0.5, 0.6) is 0 Å². The zero-order valence-electron chi connectivity index (χ0n) is 9.73. The van der Waals surface area contributed by atoms with Crippen LogP contribution in [0.15, 0.2) is 30.3 Å². The van der Waals surface area contributed by atoms with Gasteiger partial charge in [0.1, 0.15) is 0 Å². The van der Waals surface area contributed by atoms with Crippen molar-refractivity contribution in [3.63, 3.8) is 0 Å². The second-order valence-corrected chi connectivity index (χ2v) is 3.99. The van der Waals surface area contributed by atoms with Gasteiger partial charge in [-0.3, -0.25) is 4.79 Å². The second kappa shape index (κ2) is 5.66. The Morgan fingerprint density at radius 1 is 1.33 bits per heavy atom. The molecule has 1 aromatic rings. The van der Waals surface area contributed by atoms with Gasteiger partial charge >= 0.3 is 0 Å². The van der Waals surface area contributed by atoms with Gasteiger partial charge in [0.2, 0.25) is 0 Å². The van der Waals surface area contributed by atoms with Crippen molar-refractivity contribution in [2.45, 2.75) is 13.8 Å². The summed E-state index contributed by atoms with van der Waals surface area (Å²) < 4.78 is 0. The Morgan fingerprint density at radius 2 is 1.93 bits per heavy atom. The predicted octanol–water partition coefficient (Wildman–Crippen LogP) is 2.46. The highest BCUT2D eigenvalue weighted by Gasteiger charge is 2.15. The van der Waals surface area contributed by atoms with Crippen LogP contribution in [0.4, 0.5) is 0 Å². The number of ketones is 1. The summed E-state index contributed by atoms with van der Waals surface area (Å²) >= 11 is 0. The zero-order chi connectivity index (χ0) is 11.3. The third-order valence-electron chi connectivity index (χ3n) is 2.63. The molecule has 1 unspecified atom stereocenters. The molecule has 0 aliphatic carbocycles. The minimum atomic E-state index is 0.0670. The summed E-state index contributed by atoms with van der Waals surface area (Å²) in [6, 6.07) is 9.50. The fourth-order valence-electron chi connectivity index (χ4n) is 1.57. The summed E-state index contributed by atoms with van der Waals surface area (Å²) in [5, 5.41) is 0. The monoisotopic (exact) mass is 205 g/mol. The summed E-state index contributed by atoms with van der Waals surface area (Å²) in [5.74, 6) is 0.299. The molecule has 0 amide bonds. The number of hydrogen-bond donors (Lipinski definition) is 0. The lowest BCUT2D eigenvalue weighted by Gasteiger charge is -2.18. The lowest BCUT2D eigenvalue weighted by atomic mass is 9.99. The van der Waals surface area contributed by atoms with Crippen molar-refractivity contribution >= 4 is 5.78 Å². The fraction of sp³-hybridized carbons (Fsp3) is 0.462. The van der Waals surface area contributed by atoms with Crippen molar-refractivity contribution in [2.75, 3.05) is 20.1 Å². The molecule has 0 fully saturated rings. The Bertz CT molecular complexity index is 308. The van der Waals surface area contributed by atoms with Crippen molar-refractivity contribution < 1.29 is 4.79 Å². The lowest BCUT2D eigenvalue weighted by Crippen LogP contribution is -2.28. The number of Topliss-reactive ketones (excluding diaryl/α,β-unsaturated/α-hetero) is 1. The van der Waals surface area contributed by atoms with Gasteiger partial charge in [0.25, 0.3) is 0 Å². The smallest absolute Gasteiger partial charge is 0.166 e. The molecule has 1 rings (SSSR count). The largest absolute Gasteiger partial charge is 0.306 e. The van der Waals surface area contributed by atoms with E-state index in [4.69, 9.17) is 0 Å². The first-order valence-corrected chi connectivity index (χ1v) is 5.43. The van der Waals surface area contributed by atoms with E-state index in [1.807, 2.05) is 44.3 Å². The first-order valence-electron chi connectivity index (χ1n) is 5.43. The van der Waals surface area contributed by atoms with Crippen LogP contribution in [0.2, 0.25) is 0 Å². The summed E-state index contributed by atoms with van der Waals surface area (Å²) in [5.41, 5.74) is 0.814. The molecule has 0 aromatic heterocycles. The van der Waals surface area contributed by atoms with E-state index in [0.29, 0.717) is 0 Å². The molecule has 0 bridgehead atoms. The van der Waals surface area contributed by atoms with Gasteiger partial charge in [-0.15, -0.1) is 0 Å². The summed E-state index contributed by atoms with van der Waals surface area (Å²) in [6.07, 6.45) is 0. The van der Waals surface area contributed by atoms with Crippen LogP contribution in [0.25, 0.3) is 0 Å². The van der Waals surface area contributed by atoms with Crippen LogP contribution in [0.1, 0.15) is 24.2 Å². The van der Waals surface area contributed by atoms with Crippen LogP contribution in [-0.4, -0.2) is 30.8 Å². The second-order valence-electron chi connectivity index (χ2n) is 3.99. The molecule has 0 heterocycles. The van der Waals surface area contributed by atoms with E-state index in [0.717, 1.165) is 18.7 Å². The first-order chi connectivity index (χ1) is 7.15. The van der Waals surface area contributed by atoms with Gasteiger partial charge in [0, 0.05) is 18.0 Å². The molecular weight excluding hydrogens is 186 g/mol. The third kappa shape index (κ3) is 3.48. The van der Waals surface area contributed by atoms with E-state index < -0.39 is 0 Å². The van der Waals surface area contributed by atoms with Crippen LogP contribution in [0, 0.1) is 5.92 Å². The topological polar surface area (TPSA) is 20.3 Å². The Kier molecular flexibility index (Phi) is 4.50. The summed E-state index contributed by atoms with van der Waals surface area (Å²) in [6.45, 7) is 5.89.